The molecule has 1 fully saturated rings. The van der Waals surface area contributed by atoms with Crippen molar-refractivity contribution in [2.75, 3.05) is 5.32 Å². The van der Waals surface area contributed by atoms with Crippen LogP contribution < -0.4 is 11.1 Å². The number of amides is 1. The van der Waals surface area contributed by atoms with Crippen molar-refractivity contribution in [2.45, 2.75) is 12.8 Å². The molecule has 4 N–H and O–H groups in total. The molecular formula is C11H12FN3O2. The van der Waals surface area contributed by atoms with Crippen LogP contribution >= 0.6 is 0 Å². The predicted octanol–water partition coefficient (Wildman–Crippen LogP) is 1.29. The number of oxime groups is 1. The SMILES string of the molecule is N/C(=N/O)C1(C(=O)Nc2ccc(F)cc2)CC1. The molecular weight excluding hydrogens is 225 g/mol. The van der Waals surface area contributed by atoms with Crippen LogP contribution in [0.4, 0.5) is 10.1 Å². The molecule has 1 aromatic carbocycles. The normalized spacial score (nSPS) is 17.6. The highest BCUT2D eigenvalue weighted by molar-refractivity contribution is 6.14. The van der Waals surface area contributed by atoms with Crippen molar-refractivity contribution in [3.8, 4) is 0 Å². The Labute approximate surface area is 97.1 Å². The molecule has 0 heterocycles. The molecule has 0 radical (unpaired) electrons. The molecule has 1 aliphatic rings. The summed E-state index contributed by atoms with van der Waals surface area (Å²) in [5.74, 6) is -0.794. The van der Waals surface area contributed by atoms with Gasteiger partial charge in [0.25, 0.3) is 0 Å². The summed E-state index contributed by atoms with van der Waals surface area (Å²) in [6.07, 6.45) is 1.10. The van der Waals surface area contributed by atoms with E-state index in [1.165, 1.54) is 24.3 Å². The van der Waals surface area contributed by atoms with E-state index >= 15 is 0 Å². The van der Waals surface area contributed by atoms with Gasteiger partial charge in [-0.2, -0.15) is 0 Å². The summed E-state index contributed by atoms with van der Waals surface area (Å²) in [6, 6.07) is 5.41. The molecule has 1 amide bonds. The Balaban J connectivity index is 2.10. The molecule has 90 valence electrons. The maximum Gasteiger partial charge on any atom is 0.238 e. The first-order valence-corrected chi connectivity index (χ1v) is 5.13. The summed E-state index contributed by atoms with van der Waals surface area (Å²) >= 11 is 0. The van der Waals surface area contributed by atoms with E-state index in [0.717, 1.165) is 0 Å². The van der Waals surface area contributed by atoms with E-state index in [1.807, 2.05) is 0 Å². The quantitative estimate of drug-likeness (QED) is 0.320. The predicted molar refractivity (Wildman–Crippen MR) is 60.1 cm³/mol. The summed E-state index contributed by atoms with van der Waals surface area (Å²) in [6.45, 7) is 0. The Morgan fingerprint density at radius 2 is 2.00 bits per heavy atom. The van der Waals surface area contributed by atoms with Crippen LogP contribution in [0.2, 0.25) is 0 Å². The number of hydrogen-bond donors (Lipinski definition) is 3. The van der Waals surface area contributed by atoms with E-state index in [-0.39, 0.29) is 17.6 Å². The first-order chi connectivity index (χ1) is 8.08. The Kier molecular flexibility index (Phi) is 2.71. The van der Waals surface area contributed by atoms with Gasteiger partial charge in [-0.25, -0.2) is 4.39 Å². The van der Waals surface area contributed by atoms with E-state index < -0.39 is 5.41 Å². The third-order valence-electron chi connectivity index (χ3n) is 2.88. The van der Waals surface area contributed by atoms with Gasteiger partial charge in [-0.3, -0.25) is 4.79 Å². The van der Waals surface area contributed by atoms with Crippen molar-refractivity contribution >= 4 is 17.4 Å². The fraction of sp³-hybridized carbons (Fsp3) is 0.273. The lowest BCUT2D eigenvalue weighted by molar-refractivity contribution is -0.119. The van der Waals surface area contributed by atoms with Crippen LogP contribution in [0.15, 0.2) is 29.4 Å². The van der Waals surface area contributed by atoms with Gasteiger partial charge in [0.05, 0.1) is 0 Å². The molecule has 0 saturated heterocycles. The van der Waals surface area contributed by atoms with Crippen molar-refractivity contribution in [1.29, 1.82) is 0 Å². The summed E-state index contributed by atoms with van der Waals surface area (Å²) < 4.78 is 12.7. The lowest BCUT2D eigenvalue weighted by Gasteiger charge is -2.13. The number of carbonyl (C=O) groups excluding carboxylic acids is 1. The summed E-state index contributed by atoms with van der Waals surface area (Å²) in [7, 11) is 0. The third kappa shape index (κ3) is 2.06. The van der Waals surface area contributed by atoms with Gasteiger partial charge in [-0.05, 0) is 37.1 Å². The molecule has 1 saturated carbocycles. The summed E-state index contributed by atoms with van der Waals surface area (Å²) in [5.41, 5.74) is 5.05. The van der Waals surface area contributed by atoms with E-state index in [9.17, 15) is 9.18 Å². The second-order valence-corrected chi connectivity index (χ2v) is 4.03. The van der Waals surface area contributed by atoms with Crippen LogP contribution in [0.5, 0.6) is 0 Å². The highest BCUT2D eigenvalue weighted by atomic mass is 19.1. The van der Waals surface area contributed by atoms with Crippen molar-refractivity contribution in [3.05, 3.63) is 30.1 Å². The first kappa shape index (κ1) is 11.4. The second kappa shape index (κ2) is 4.04. The molecule has 1 aliphatic carbocycles. The van der Waals surface area contributed by atoms with E-state index in [1.54, 1.807) is 0 Å². The molecule has 0 spiro atoms. The van der Waals surface area contributed by atoms with Crippen LogP contribution in [-0.2, 0) is 4.79 Å². The number of nitrogens with zero attached hydrogens (tertiary/aromatic N) is 1. The Bertz CT molecular complexity index is 466. The van der Waals surface area contributed by atoms with Gasteiger partial charge < -0.3 is 16.3 Å². The molecule has 0 unspecified atom stereocenters. The standard InChI is InChI=1S/C11H12FN3O2/c12-7-1-3-8(4-2-7)14-10(16)11(5-6-11)9(13)15-17/h1-4,17H,5-6H2,(H2,13,15)(H,14,16). The average molecular weight is 237 g/mol. The van der Waals surface area contributed by atoms with E-state index in [2.05, 4.69) is 10.5 Å². The van der Waals surface area contributed by atoms with Gasteiger partial charge in [-0.15, -0.1) is 0 Å². The molecule has 1 aromatic rings. The minimum absolute atomic E-state index is 0.0860. The molecule has 17 heavy (non-hydrogen) atoms. The topological polar surface area (TPSA) is 87.7 Å². The molecule has 0 bridgehead atoms. The maximum absolute atomic E-state index is 12.7. The fourth-order valence-corrected chi connectivity index (χ4v) is 1.60. The number of nitrogens with one attached hydrogen (secondary N) is 1. The minimum Gasteiger partial charge on any atom is -0.409 e. The fourth-order valence-electron chi connectivity index (χ4n) is 1.60. The number of carbonyl (C=O) groups is 1. The smallest absolute Gasteiger partial charge is 0.238 e. The average Bonchev–Trinajstić information content (AvgIpc) is 3.12. The Morgan fingerprint density at radius 3 is 2.47 bits per heavy atom. The second-order valence-electron chi connectivity index (χ2n) is 4.03. The van der Waals surface area contributed by atoms with Gasteiger partial charge in [0.2, 0.25) is 5.91 Å². The maximum atomic E-state index is 12.7. The third-order valence-corrected chi connectivity index (χ3v) is 2.88. The van der Waals surface area contributed by atoms with Gasteiger partial charge in [-0.1, -0.05) is 5.16 Å². The number of benzene rings is 1. The summed E-state index contributed by atoms with van der Waals surface area (Å²) in [5, 5.41) is 14.1. The van der Waals surface area contributed by atoms with E-state index in [0.29, 0.717) is 18.5 Å². The van der Waals surface area contributed by atoms with Crippen LogP contribution in [-0.4, -0.2) is 17.0 Å². The van der Waals surface area contributed by atoms with Gasteiger partial charge in [0, 0.05) is 5.69 Å². The number of halogens is 1. The van der Waals surface area contributed by atoms with Crippen molar-refractivity contribution in [3.63, 3.8) is 0 Å². The van der Waals surface area contributed by atoms with Crippen LogP contribution in [0.3, 0.4) is 0 Å². The Hall–Kier alpha value is -2.11. The number of anilines is 1. The lowest BCUT2D eigenvalue weighted by atomic mass is 10.1. The van der Waals surface area contributed by atoms with E-state index in [4.69, 9.17) is 10.9 Å². The van der Waals surface area contributed by atoms with Crippen LogP contribution in [0.1, 0.15) is 12.8 Å². The monoisotopic (exact) mass is 237 g/mol. The van der Waals surface area contributed by atoms with Crippen LogP contribution in [0.25, 0.3) is 0 Å². The number of hydrogen-bond acceptors (Lipinski definition) is 3. The molecule has 5 nitrogen and oxygen atoms in total. The first-order valence-electron chi connectivity index (χ1n) is 5.13. The van der Waals surface area contributed by atoms with Crippen molar-refractivity contribution in [1.82, 2.24) is 0 Å². The minimum atomic E-state index is -0.900. The largest absolute Gasteiger partial charge is 0.409 e. The lowest BCUT2D eigenvalue weighted by Crippen LogP contribution is -2.36. The summed E-state index contributed by atoms with van der Waals surface area (Å²) in [4.78, 5) is 11.9. The van der Waals surface area contributed by atoms with Crippen molar-refractivity contribution < 1.29 is 14.4 Å². The van der Waals surface area contributed by atoms with Gasteiger partial charge in [0.15, 0.2) is 5.84 Å². The number of nitrogens with two attached hydrogens (primary N) is 1. The highest BCUT2D eigenvalue weighted by Crippen LogP contribution is 2.46. The molecule has 6 heteroatoms. The van der Waals surface area contributed by atoms with Gasteiger partial charge >= 0.3 is 0 Å². The van der Waals surface area contributed by atoms with Crippen molar-refractivity contribution in [2.24, 2.45) is 16.3 Å². The molecule has 0 atom stereocenters. The zero-order valence-electron chi connectivity index (χ0n) is 8.98. The molecule has 0 aromatic heterocycles. The van der Waals surface area contributed by atoms with Crippen LogP contribution in [0, 0.1) is 11.2 Å². The zero-order valence-corrected chi connectivity index (χ0v) is 8.98. The molecule has 0 aliphatic heterocycles. The number of amidine groups is 1. The Morgan fingerprint density at radius 1 is 1.41 bits per heavy atom. The van der Waals surface area contributed by atoms with Gasteiger partial charge in [0.1, 0.15) is 11.2 Å². The molecule has 2 rings (SSSR count). The number of rotatable bonds is 3. The highest BCUT2D eigenvalue weighted by Gasteiger charge is 2.54. The zero-order chi connectivity index (χ0) is 12.5.